The van der Waals surface area contributed by atoms with E-state index in [1.54, 1.807) is 0 Å². The summed E-state index contributed by atoms with van der Waals surface area (Å²) in [6, 6.07) is 30.4. The summed E-state index contributed by atoms with van der Waals surface area (Å²) < 4.78 is 0. The minimum atomic E-state index is -0.773. The van der Waals surface area contributed by atoms with Crippen LogP contribution in [0.25, 0.3) is 12.2 Å². The van der Waals surface area contributed by atoms with Crippen molar-refractivity contribution in [3.05, 3.63) is 153 Å². The van der Waals surface area contributed by atoms with E-state index in [0.717, 1.165) is 69.2 Å². The highest BCUT2D eigenvalue weighted by molar-refractivity contribution is 5.67. The van der Waals surface area contributed by atoms with Crippen molar-refractivity contribution in [2.45, 2.75) is 149 Å². The number of rotatable bonds is 27. The molecule has 6 N–H and O–H groups in total. The maximum Gasteiger partial charge on any atom is 0.303 e. The minimum Gasteiger partial charge on any atom is -0.481 e. The van der Waals surface area contributed by atoms with Crippen LogP contribution in [0.4, 0.5) is 0 Å². The third kappa shape index (κ3) is 20.6. The molecule has 4 aromatic carbocycles. The molecule has 0 saturated carbocycles. The summed E-state index contributed by atoms with van der Waals surface area (Å²) in [4.78, 5) is 25.6. The molecule has 0 radical (unpaired) electrons. The largest absolute Gasteiger partial charge is 0.481 e. The second-order valence-corrected chi connectivity index (χ2v) is 22.1. The van der Waals surface area contributed by atoms with Crippen LogP contribution in [-0.4, -0.2) is 106 Å². The van der Waals surface area contributed by atoms with Crippen molar-refractivity contribution >= 4 is 24.1 Å². The Bertz CT molecular complexity index is 2320. The molecule has 71 heavy (non-hydrogen) atoms. The van der Waals surface area contributed by atoms with Crippen LogP contribution in [0.3, 0.4) is 0 Å². The number of β-amino-alcohol motifs (C(OH)–C–C–N with tert-alkyl or cyclic N) is 2. The van der Waals surface area contributed by atoms with Crippen LogP contribution in [0.1, 0.15) is 128 Å². The zero-order chi connectivity index (χ0) is 51.6. The summed E-state index contributed by atoms with van der Waals surface area (Å²) in [6.07, 6.45) is 16.3. The number of benzene rings is 4. The number of carbonyl (C=O) groups is 2. The molecule has 0 amide bonds. The van der Waals surface area contributed by atoms with Gasteiger partial charge in [0.1, 0.15) is 0 Å². The van der Waals surface area contributed by atoms with Crippen molar-refractivity contribution in [1.29, 1.82) is 0 Å². The van der Waals surface area contributed by atoms with Gasteiger partial charge in [0.15, 0.2) is 0 Å². The Balaban J connectivity index is 0.000000264. The fourth-order valence-corrected chi connectivity index (χ4v) is 10.6. The lowest BCUT2D eigenvalue weighted by atomic mass is 9.88. The van der Waals surface area contributed by atoms with Gasteiger partial charge in [-0.05, 0) is 181 Å². The van der Waals surface area contributed by atoms with E-state index in [9.17, 15) is 19.8 Å². The molecule has 4 aromatic rings. The zero-order valence-electron chi connectivity index (χ0n) is 44.2. The van der Waals surface area contributed by atoms with E-state index in [1.165, 1.54) is 44.5 Å². The molecular formula is C61H86N4O6. The average molecular weight is 971 g/mol. The number of nitrogens with one attached hydrogen (secondary N) is 2. The fraction of sp³-hybridized carbons (Fsp3) is 0.508. The van der Waals surface area contributed by atoms with Gasteiger partial charge >= 0.3 is 11.9 Å². The number of carboxylic acids is 2. The summed E-state index contributed by atoms with van der Waals surface area (Å²) in [5.74, 6) is -0.193. The smallest absolute Gasteiger partial charge is 0.303 e. The Labute approximate surface area is 426 Å². The number of aliphatic hydroxyl groups excluding tert-OH is 2. The Hall–Kier alpha value is -4.94. The van der Waals surface area contributed by atoms with Gasteiger partial charge in [0.2, 0.25) is 0 Å². The lowest BCUT2D eigenvalue weighted by Gasteiger charge is -2.31. The topological polar surface area (TPSA) is 146 Å². The molecule has 0 aliphatic heterocycles. The van der Waals surface area contributed by atoms with Crippen LogP contribution in [0.5, 0.6) is 0 Å². The van der Waals surface area contributed by atoms with Crippen LogP contribution in [-0.2, 0) is 48.4 Å². The van der Waals surface area contributed by atoms with Crippen molar-refractivity contribution in [3.8, 4) is 0 Å². The highest BCUT2D eigenvalue weighted by Crippen LogP contribution is 2.33. The van der Waals surface area contributed by atoms with Gasteiger partial charge in [-0.1, -0.05) is 109 Å². The van der Waals surface area contributed by atoms with Crippen molar-refractivity contribution in [3.63, 3.8) is 0 Å². The molecule has 6 rings (SSSR count). The number of unbranched alkanes of at least 4 members (excludes halogenated alkanes) is 1. The second kappa shape index (κ2) is 27.8. The second-order valence-electron chi connectivity index (χ2n) is 22.1. The Morgan fingerprint density at radius 2 is 0.986 bits per heavy atom. The van der Waals surface area contributed by atoms with Crippen LogP contribution < -0.4 is 10.6 Å². The number of nitrogens with zero attached hydrogens (tertiary/aromatic N) is 2. The van der Waals surface area contributed by atoms with Gasteiger partial charge in [-0.25, -0.2) is 0 Å². The molecule has 2 atom stereocenters. The lowest BCUT2D eigenvalue weighted by molar-refractivity contribution is -0.138. The van der Waals surface area contributed by atoms with Crippen LogP contribution in [0, 0.1) is 25.7 Å². The van der Waals surface area contributed by atoms with Gasteiger partial charge in [-0.15, -0.1) is 0 Å². The van der Waals surface area contributed by atoms with Crippen molar-refractivity contribution in [1.82, 2.24) is 20.4 Å². The minimum absolute atomic E-state index is 0.0135. The molecule has 0 bridgehead atoms. The summed E-state index contributed by atoms with van der Waals surface area (Å²) in [7, 11) is 4.09. The summed E-state index contributed by atoms with van der Waals surface area (Å²) in [5.41, 5.74) is 13.0. The Morgan fingerprint density at radius 1 is 0.606 bits per heavy atom. The van der Waals surface area contributed by atoms with Gasteiger partial charge in [0, 0.05) is 63.2 Å². The normalized spacial score (nSPS) is 15.1. The number of hydrogen-bond acceptors (Lipinski definition) is 8. The molecule has 0 fully saturated rings. The first-order valence-corrected chi connectivity index (χ1v) is 26.0. The van der Waals surface area contributed by atoms with Gasteiger partial charge in [-0.3, -0.25) is 19.4 Å². The highest BCUT2D eigenvalue weighted by Gasteiger charge is 2.30. The van der Waals surface area contributed by atoms with Gasteiger partial charge < -0.3 is 31.1 Å². The number of carboxylic acid groups (broad SMARTS) is 2. The number of allylic oxidation sites excluding steroid dienone is 2. The average Bonchev–Trinajstić information content (AvgIpc) is 3.90. The number of hydrogen-bond donors (Lipinski definition) is 6. The van der Waals surface area contributed by atoms with Gasteiger partial charge in [0.25, 0.3) is 0 Å². The van der Waals surface area contributed by atoms with E-state index in [4.69, 9.17) is 10.2 Å². The van der Waals surface area contributed by atoms with Crippen molar-refractivity contribution in [2.24, 2.45) is 11.8 Å². The zero-order valence-corrected chi connectivity index (χ0v) is 44.2. The lowest BCUT2D eigenvalue weighted by Crippen LogP contribution is -2.47. The standard InChI is InChI=1S/C31H44N2O3.C30H42N2O3/c1-23-16-24(14-15-26(23)10-6-5-7-13-30(35)36)21-33(4)22-29(34)20-32-31(2,3)19-25-17-27-11-8-9-12-28(27)18-25;1-22-15-23(13-14-25(22)9-7-8-12-29(34)35)20-32(4)21-28(33)19-31-30(2,3)18-24-16-26-10-5-6-11-27(26)17-24/h6,8-12,14-16,25,29,32,34H,5,7,13,17-22H2,1-4H3,(H,35,36);5-7,9-11,13-15,24,28,31,33H,8,12,16-21H2,1-4H3,(H,34,35)/b10-6+;9-7+/t29-;28-/m11/s1. The molecule has 0 saturated heterocycles. The molecule has 0 unspecified atom stereocenters. The van der Waals surface area contributed by atoms with E-state index in [2.05, 4.69) is 160 Å². The number of likely N-dealkylation sites (N-methyl/N-ethyl adjacent to an activating group) is 2. The number of aliphatic hydroxyl groups is 2. The van der Waals surface area contributed by atoms with Crippen LogP contribution in [0.15, 0.2) is 97.1 Å². The highest BCUT2D eigenvalue weighted by atomic mass is 16.4. The molecule has 0 aromatic heterocycles. The molecule has 0 heterocycles. The molecule has 10 heteroatoms. The SMILES string of the molecule is Cc1cc(CN(C)C[C@H](O)CNC(C)(C)CC2Cc3ccccc3C2)ccc1/C=C/CCC(=O)O.Cc1cc(CN(C)C[C@H](O)CNC(C)(C)CC2Cc3ccccc3C2)ccc1/C=C/CCCC(=O)O. The van der Waals surface area contributed by atoms with Crippen molar-refractivity contribution < 1.29 is 30.0 Å². The fourth-order valence-electron chi connectivity index (χ4n) is 10.6. The van der Waals surface area contributed by atoms with Crippen molar-refractivity contribution in [2.75, 3.05) is 40.3 Å². The van der Waals surface area contributed by atoms with E-state index in [1.807, 2.05) is 25.3 Å². The van der Waals surface area contributed by atoms with E-state index >= 15 is 0 Å². The quantitative estimate of drug-likeness (QED) is 0.0320. The van der Waals surface area contributed by atoms with Gasteiger partial charge in [0.05, 0.1) is 12.2 Å². The molecular weight excluding hydrogens is 885 g/mol. The number of aryl methyl sites for hydroxylation is 2. The first-order valence-electron chi connectivity index (χ1n) is 26.0. The van der Waals surface area contributed by atoms with E-state index in [0.29, 0.717) is 50.9 Å². The Kier molecular flexibility index (Phi) is 22.3. The summed E-state index contributed by atoms with van der Waals surface area (Å²) in [5, 5.41) is 46.1. The molecule has 2 aliphatic carbocycles. The van der Waals surface area contributed by atoms with E-state index < -0.39 is 24.1 Å². The third-order valence-corrected chi connectivity index (χ3v) is 14.0. The van der Waals surface area contributed by atoms with Crippen LogP contribution in [0.2, 0.25) is 0 Å². The molecule has 0 spiro atoms. The van der Waals surface area contributed by atoms with Gasteiger partial charge in [-0.2, -0.15) is 0 Å². The number of fused-ring (bicyclic) bond motifs is 2. The maximum absolute atomic E-state index is 10.7. The monoisotopic (exact) mass is 971 g/mol. The third-order valence-electron chi connectivity index (χ3n) is 14.0. The summed E-state index contributed by atoms with van der Waals surface area (Å²) >= 11 is 0. The number of aliphatic carboxylic acids is 2. The molecule has 10 nitrogen and oxygen atoms in total. The Morgan fingerprint density at radius 3 is 1.35 bits per heavy atom. The first kappa shape index (κ1) is 57.0. The molecule has 386 valence electrons. The molecule has 2 aliphatic rings. The van der Waals surface area contributed by atoms with Crippen LogP contribution >= 0.6 is 0 Å². The van der Waals surface area contributed by atoms with E-state index in [-0.39, 0.29) is 23.9 Å². The first-order chi connectivity index (χ1) is 33.7. The predicted molar refractivity (Wildman–Crippen MR) is 292 cm³/mol. The summed E-state index contributed by atoms with van der Waals surface area (Å²) in [6.45, 7) is 17.1. The predicted octanol–water partition coefficient (Wildman–Crippen LogP) is 10.1. The maximum atomic E-state index is 10.7.